The maximum atomic E-state index is 12.3. The molecule has 142 valence electrons. The molecule has 0 unspecified atom stereocenters. The fourth-order valence-corrected chi connectivity index (χ4v) is 3.80. The van der Waals surface area contributed by atoms with Crippen molar-refractivity contribution >= 4 is 17.0 Å². The minimum Gasteiger partial charge on any atom is -0.476 e. The molecular weight excluding hydrogens is 364 g/mol. The monoisotopic (exact) mass is 386 g/mol. The summed E-state index contributed by atoms with van der Waals surface area (Å²) in [6.45, 7) is 3.08. The summed E-state index contributed by atoms with van der Waals surface area (Å²) in [7, 11) is 3.55. The highest BCUT2D eigenvalue weighted by atomic mass is 32.1. The minimum atomic E-state index is -0.179. The molecule has 27 heavy (non-hydrogen) atoms. The molecule has 0 saturated heterocycles. The van der Waals surface area contributed by atoms with E-state index in [0.29, 0.717) is 36.6 Å². The zero-order valence-corrected chi connectivity index (χ0v) is 16.4. The number of hydrogen-bond acceptors (Lipinski definition) is 7. The van der Waals surface area contributed by atoms with Gasteiger partial charge in [0.2, 0.25) is 5.88 Å². The summed E-state index contributed by atoms with van der Waals surface area (Å²) in [6.07, 6.45) is 4.85. The standard InChI is InChI=1S/C18H22N6O2S/c1-11-19-8-13(27-11)9-20-16-7-17(22-24(3)18(16)25)26-10-12-6-14(12)15-4-5-23(2)21-15/h4-5,7-8,12,14,20H,6,9-10H2,1-3H3/t12-,14+/m1/s1. The molecule has 9 heteroatoms. The Morgan fingerprint density at radius 3 is 2.93 bits per heavy atom. The number of thiazole rings is 1. The molecule has 3 heterocycles. The van der Waals surface area contributed by atoms with E-state index in [1.165, 1.54) is 4.68 Å². The molecule has 1 saturated carbocycles. The van der Waals surface area contributed by atoms with Gasteiger partial charge in [0.1, 0.15) is 5.69 Å². The van der Waals surface area contributed by atoms with Gasteiger partial charge in [0.05, 0.1) is 23.9 Å². The number of anilines is 1. The number of aromatic nitrogens is 5. The van der Waals surface area contributed by atoms with Gasteiger partial charge in [0, 0.05) is 49.3 Å². The van der Waals surface area contributed by atoms with E-state index in [1.807, 2.05) is 31.0 Å². The number of aryl methyl sites for hydroxylation is 3. The molecule has 0 aromatic carbocycles. The fraction of sp³-hybridized carbons (Fsp3) is 0.444. The van der Waals surface area contributed by atoms with Gasteiger partial charge in [0.15, 0.2) is 0 Å². The molecule has 1 aliphatic rings. The third-order valence-electron chi connectivity index (χ3n) is 4.64. The Labute approximate surface area is 160 Å². The lowest BCUT2D eigenvalue weighted by Crippen LogP contribution is -2.24. The fourth-order valence-electron chi connectivity index (χ4n) is 3.07. The average molecular weight is 386 g/mol. The predicted octanol–water partition coefficient (Wildman–Crippen LogP) is 2.07. The number of nitrogens with zero attached hydrogens (tertiary/aromatic N) is 5. The average Bonchev–Trinajstić information content (AvgIpc) is 3.09. The van der Waals surface area contributed by atoms with Crippen LogP contribution in [0.1, 0.15) is 27.9 Å². The normalized spacial score (nSPS) is 18.5. The van der Waals surface area contributed by atoms with Crippen molar-refractivity contribution in [1.29, 1.82) is 0 Å². The van der Waals surface area contributed by atoms with Crippen LogP contribution in [-0.2, 0) is 20.6 Å². The second kappa shape index (κ2) is 7.15. The lowest BCUT2D eigenvalue weighted by molar-refractivity contribution is 0.278. The molecule has 8 nitrogen and oxygen atoms in total. The van der Waals surface area contributed by atoms with Gasteiger partial charge < -0.3 is 10.1 Å². The van der Waals surface area contributed by atoms with Gasteiger partial charge in [0.25, 0.3) is 5.56 Å². The first-order chi connectivity index (χ1) is 13.0. The van der Waals surface area contributed by atoms with Crippen molar-refractivity contribution in [3.05, 3.63) is 50.5 Å². The highest BCUT2D eigenvalue weighted by molar-refractivity contribution is 7.11. The van der Waals surface area contributed by atoms with E-state index < -0.39 is 0 Å². The third kappa shape index (κ3) is 4.02. The molecule has 0 bridgehead atoms. The van der Waals surface area contributed by atoms with Crippen LogP contribution in [0.3, 0.4) is 0 Å². The van der Waals surface area contributed by atoms with E-state index in [-0.39, 0.29) is 5.56 Å². The summed E-state index contributed by atoms with van der Waals surface area (Å²) in [5.74, 6) is 1.34. The van der Waals surface area contributed by atoms with Crippen molar-refractivity contribution in [1.82, 2.24) is 24.5 Å². The summed E-state index contributed by atoms with van der Waals surface area (Å²) in [4.78, 5) is 17.6. The van der Waals surface area contributed by atoms with Crippen molar-refractivity contribution < 1.29 is 4.74 Å². The number of nitrogens with one attached hydrogen (secondary N) is 1. The summed E-state index contributed by atoms with van der Waals surface area (Å²) in [5, 5.41) is 12.8. The number of hydrogen-bond donors (Lipinski definition) is 1. The lowest BCUT2D eigenvalue weighted by Gasteiger charge is -2.10. The van der Waals surface area contributed by atoms with Gasteiger partial charge in [-0.1, -0.05) is 0 Å². The maximum Gasteiger partial charge on any atom is 0.290 e. The second-order valence-electron chi connectivity index (χ2n) is 6.85. The molecule has 1 N–H and O–H groups in total. The maximum absolute atomic E-state index is 12.3. The number of ether oxygens (including phenoxy) is 1. The molecule has 1 aliphatic carbocycles. The highest BCUT2D eigenvalue weighted by Gasteiger charge is 2.40. The summed E-state index contributed by atoms with van der Waals surface area (Å²) in [6, 6.07) is 3.73. The first-order valence-corrected chi connectivity index (χ1v) is 9.67. The van der Waals surface area contributed by atoms with Crippen LogP contribution in [0, 0.1) is 12.8 Å². The summed E-state index contributed by atoms with van der Waals surface area (Å²) < 4.78 is 8.99. The molecular formula is C18H22N6O2S. The molecule has 4 rings (SSSR count). The van der Waals surface area contributed by atoms with Gasteiger partial charge in [-0.05, 0) is 19.4 Å². The van der Waals surface area contributed by atoms with Gasteiger partial charge >= 0.3 is 0 Å². The Kier molecular flexibility index (Phi) is 4.69. The van der Waals surface area contributed by atoms with Crippen LogP contribution in [-0.4, -0.2) is 31.2 Å². The van der Waals surface area contributed by atoms with Crippen molar-refractivity contribution in [3.8, 4) is 5.88 Å². The van der Waals surface area contributed by atoms with E-state index in [1.54, 1.807) is 24.5 Å². The molecule has 0 amide bonds. The van der Waals surface area contributed by atoms with Gasteiger partial charge in [-0.15, -0.1) is 16.4 Å². The van der Waals surface area contributed by atoms with Crippen molar-refractivity contribution in [3.63, 3.8) is 0 Å². The lowest BCUT2D eigenvalue weighted by atomic mass is 10.2. The van der Waals surface area contributed by atoms with E-state index in [9.17, 15) is 4.79 Å². The quantitative estimate of drug-likeness (QED) is 0.669. The third-order valence-corrected chi connectivity index (χ3v) is 5.56. The van der Waals surface area contributed by atoms with Crippen molar-refractivity contribution in [2.75, 3.05) is 11.9 Å². The molecule has 3 aromatic heterocycles. The van der Waals surface area contributed by atoms with E-state index in [2.05, 4.69) is 26.6 Å². The van der Waals surface area contributed by atoms with Crippen LogP contribution in [0.2, 0.25) is 0 Å². The SMILES string of the molecule is Cc1ncc(CNc2cc(OC[C@H]3C[C@@H]3c3ccn(C)n3)nn(C)c2=O)s1. The summed E-state index contributed by atoms with van der Waals surface area (Å²) >= 11 is 1.61. The zero-order chi connectivity index (χ0) is 19.0. The topological polar surface area (TPSA) is 86.9 Å². The number of rotatable bonds is 7. The molecule has 0 spiro atoms. The summed E-state index contributed by atoms with van der Waals surface area (Å²) in [5.41, 5.74) is 1.41. The van der Waals surface area contributed by atoms with Crippen LogP contribution < -0.4 is 15.6 Å². The largest absolute Gasteiger partial charge is 0.476 e. The molecule has 2 atom stereocenters. The Morgan fingerprint density at radius 2 is 2.22 bits per heavy atom. The molecule has 0 radical (unpaired) electrons. The van der Waals surface area contributed by atoms with Crippen molar-refractivity contribution in [2.24, 2.45) is 20.0 Å². The Hall–Kier alpha value is -2.68. The Balaban J connectivity index is 1.38. The van der Waals surface area contributed by atoms with E-state index >= 15 is 0 Å². The molecule has 0 aliphatic heterocycles. The van der Waals surface area contributed by atoms with Gasteiger partial charge in [-0.3, -0.25) is 9.48 Å². The van der Waals surface area contributed by atoms with Gasteiger partial charge in [-0.25, -0.2) is 9.67 Å². The smallest absolute Gasteiger partial charge is 0.290 e. The van der Waals surface area contributed by atoms with Crippen LogP contribution in [0.15, 0.2) is 29.3 Å². The highest BCUT2D eigenvalue weighted by Crippen LogP contribution is 2.46. The van der Waals surface area contributed by atoms with E-state index in [4.69, 9.17) is 4.74 Å². The zero-order valence-electron chi connectivity index (χ0n) is 15.5. The molecule has 1 fully saturated rings. The first kappa shape index (κ1) is 17.7. The van der Waals surface area contributed by atoms with Crippen LogP contribution in [0.5, 0.6) is 5.88 Å². The Morgan fingerprint density at radius 1 is 1.37 bits per heavy atom. The first-order valence-electron chi connectivity index (χ1n) is 8.85. The predicted molar refractivity (Wildman–Crippen MR) is 103 cm³/mol. The van der Waals surface area contributed by atoms with Gasteiger partial charge in [-0.2, -0.15) is 5.10 Å². The van der Waals surface area contributed by atoms with Crippen molar-refractivity contribution in [2.45, 2.75) is 25.8 Å². The van der Waals surface area contributed by atoms with E-state index in [0.717, 1.165) is 22.0 Å². The van der Waals surface area contributed by atoms with Crippen LogP contribution >= 0.6 is 11.3 Å². The second-order valence-corrected chi connectivity index (χ2v) is 8.17. The van der Waals surface area contributed by atoms with Crippen LogP contribution in [0.4, 0.5) is 5.69 Å². The Bertz CT molecular complexity index is 1010. The van der Waals surface area contributed by atoms with Crippen LogP contribution in [0.25, 0.3) is 0 Å². The molecule has 3 aromatic rings. The minimum absolute atomic E-state index is 0.179.